The van der Waals surface area contributed by atoms with E-state index in [1.807, 2.05) is 14.1 Å². The summed E-state index contributed by atoms with van der Waals surface area (Å²) in [4.78, 5) is 5.36. The summed E-state index contributed by atoms with van der Waals surface area (Å²) < 4.78 is 61.7. The number of hydrogen-bond acceptors (Lipinski definition) is 6. The maximum atomic E-state index is 14.9. The van der Waals surface area contributed by atoms with E-state index in [1.54, 1.807) is 12.1 Å². The van der Waals surface area contributed by atoms with E-state index < -0.39 is 20.7 Å². The zero-order valence-electron chi connectivity index (χ0n) is 19.4. The molecule has 1 heterocycles. The molecule has 0 saturated heterocycles. The quantitative estimate of drug-likeness (QED) is 0.351. The van der Waals surface area contributed by atoms with Crippen LogP contribution < -0.4 is 9.46 Å². The first kappa shape index (κ1) is 28.3. The first-order valence-electron chi connectivity index (χ1n) is 10.8. The van der Waals surface area contributed by atoms with Gasteiger partial charge in [-0.1, -0.05) is 29.8 Å². The van der Waals surface area contributed by atoms with Gasteiger partial charge < -0.3 is 9.64 Å². The normalized spacial score (nSPS) is 17.9. The topological polar surface area (TPSA) is 71.5 Å². The van der Waals surface area contributed by atoms with Crippen molar-refractivity contribution >= 4 is 56.8 Å². The molecule has 36 heavy (non-hydrogen) atoms. The number of benzene rings is 2. The molecule has 0 radical (unpaired) electrons. The van der Waals surface area contributed by atoms with Crippen LogP contribution in [0.3, 0.4) is 0 Å². The van der Waals surface area contributed by atoms with Gasteiger partial charge in [0.1, 0.15) is 22.3 Å². The van der Waals surface area contributed by atoms with Gasteiger partial charge in [-0.05, 0) is 56.3 Å². The molecule has 0 aliphatic heterocycles. The Morgan fingerprint density at radius 2 is 1.94 bits per heavy atom. The van der Waals surface area contributed by atoms with Gasteiger partial charge in [-0.3, -0.25) is 4.72 Å². The van der Waals surface area contributed by atoms with E-state index in [0.717, 1.165) is 36.1 Å². The van der Waals surface area contributed by atoms with Crippen LogP contribution in [0.4, 0.5) is 14.6 Å². The summed E-state index contributed by atoms with van der Waals surface area (Å²) >= 11 is 7.51. The number of ether oxygens (including phenoxy) is 1. The number of nitrogens with one attached hydrogen (secondary N) is 1. The van der Waals surface area contributed by atoms with Crippen LogP contribution in [0.5, 0.6) is 5.75 Å². The molecule has 12 heteroatoms. The Morgan fingerprint density at radius 1 is 1.22 bits per heavy atom. The number of anilines is 1. The van der Waals surface area contributed by atoms with Gasteiger partial charge in [0.2, 0.25) is 0 Å². The lowest BCUT2D eigenvalue weighted by Crippen LogP contribution is -2.40. The predicted octanol–water partition coefficient (Wildman–Crippen LogP) is 6.10. The fourth-order valence-corrected chi connectivity index (χ4v) is 6.15. The monoisotopic (exact) mass is 575 g/mol. The van der Waals surface area contributed by atoms with E-state index in [4.69, 9.17) is 16.3 Å². The number of hydrogen-bond donors (Lipinski definition) is 1. The van der Waals surface area contributed by atoms with Crippen LogP contribution in [0.25, 0.3) is 5.57 Å². The Balaban J connectivity index is 0.00000361. The van der Waals surface area contributed by atoms with Gasteiger partial charge in [0, 0.05) is 23.4 Å². The fourth-order valence-electron chi connectivity index (χ4n) is 4.22. The smallest absolute Gasteiger partial charge is 0.266 e. The summed E-state index contributed by atoms with van der Waals surface area (Å²) in [5, 5.41) is 1.46. The number of nitrogens with zero attached hydrogens (tertiary/aromatic N) is 2. The SMILES string of the molecule is CN(C)[C@@H]1CCC=C(c2ccc(F)cc2)[C@H]1COc1cc(F)c(S(=O)(=O)Nc2cscn2)cc1Cl.Cl. The molecule has 1 aromatic heterocycles. The first-order valence-corrected chi connectivity index (χ1v) is 13.6. The van der Waals surface area contributed by atoms with Gasteiger partial charge >= 0.3 is 0 Å². The van der Waals surface area contributed by atoms with E-state index in [2.05, 4.69) is 20.7 Å². The van der Waals surface area contributed by atoms with Crippen LogP contribution in [-0.2, 0) is 10.0 Å². The summed E-state index contributed by atoms with van der Waals surface area (Å²) in [5.41, 5.74) is 3.36. The second-order valence-electron chi connectivity index (χ2n) is 8.38. The highest BCUT2D eigenvalue weighted by Crippen LogP contribution is 2.37. The molecule has 6 nitrogen and oxygen atoms in total. The third kappa shape index (κ3) is 6.36. The van der Waals surface area contributed by atoms with Gasteiger partial charge in [-0.15, -0.1) is 23.7 Å². The van der Waals surface area contributed by atoms with Crippen LogP contribution in [0, 0.1) is 17.6 Å². The lowest BCUT2D eigenvalue weighted by molar-refractivity contribution is 0.168. The van der Waals surface area contributed by atoms with Crippen molar-refractivity contribution in [1.29, 1.82) is 0 Å². The summed E-state index contributed by atoms with van der Waals surface area (Å²) in [6, 6.07) is 8.43. The lowest BCUT2D eigenvalue weighted by atomic mass is 9.80. The van der Waals surface area contributed by atoms with E-state index in [9.17, 15) is 17.2 Å². The van der Waals surface area contributed by atoms with Gasteiger partial charge in [-0.25, -0.2) is 22.2 Å². The first-order chi connectivity index (χ1) is 16.7. The van der Waals surface area contributed by atoms with Crippen LogP contribution >= 0.6 is 35.3 Å². The van der Waals surface area contributed by atoms with Gasteiger partial charge in [0.25, 0.3) is 10.0 Å². The van der Waals surface area contributed by atoms with Crippen molar-refractivity contribution in [2.75, 3.05) is 25.4 Å². The standard InChI is InChI=1S/C24H24ClF2N3O3S2.ClH/c1-30(2)21-5-3-4-17(15-6-8-16(26)9-7-15)18(21)12-33-22-11-20(27)23(10-19(22)25)35(31,32)29-24-13-34-14-28-24;/h4,6-11,13-14,18,21,29H,3,5,12H2,1-2H3;1H/t18-,21-;/m1./s1. The van der Waals surface area contributed by atoms with E-state index >= 15 is 0 Å². The summed E-state index contributed by atoms with van der Waals surface area (Å²) in [7, 11) is -0.266. The molecule has 1 aliphatic rings. The highest BCUT2D eigenvalue weighted by Gasteiger charge is 2.31. The number of halogens is 4. The van der Waals surface area contributed by atoms with Crippen molar-refractivity contribution in [1.82, 2.24) is 9.88 Å². The minimum Gasteiger partial charge on any atom is -0.491 e. The van der Waals surface area contributed by atoms with Crippen LogP contribution in [0.1, 0.15) is 18.4 Å². The average molecular weight is 577 g/mol. The molecule has 2 aromatic carbocycles. The molecule has 1 N–H and O–H groups in total. The van der Waals surface area contributed by atoms with Crippen molar-refractivity contribution in [3.8, 4) is 5.75 Å². The highest BCUT2D eigenvalue weighted by molar-refractivity contribution is 7.92. The van der Waals surface area contributed by atoms with Crippen molar-refractivity contribution in [3.63, 3.8) is 0 Å². The second kappa shape index (κ2) is 11.9. The third-order valence-corrected chi connectivity index (χ3v) is 8.15. The molecular weight excluding hydrogens is 551 g/mol. The molecule has 0 saturated carbocycles. The predicted molar refractivity (Wildman–Crippen MR) is 142 cm³/mol. The number of rotatable bonds is 8. The maximum Gasteiger partial charge on any atom is 0.266 e. The Bertz CT molecular complexity index is 1320. The van der Waals surface area contributed by atoms with E-state index in [-0.39, 0.29) is 53.4 Å². The maximum absolute atomic E-state index is 14.9. The van der Waals surface area contributed by atoms with Crippen molar-refractivity contribution in [3.05, 3.63) is 75.6 Å². The van der Waals surface area contributed by atoms with Crippen LogP contribution in [0.2, 0.25) is 5.02 Å². The van der Waals surface area contributed by atoms with Crippen molar-refractivity contribution in [2.45, 2.75) is 23.8 Å². The average Bonchev–Trinajstić information content (AvgIpc) is 3.32. The van der Waals surface area contributed by atoms with Gasteiger partial charge in [0.15, 0.2) is 5.82 Å². The Morgan fingerprint density at radius 3 is 2.58 bits per heavy atom. The van der Waals surface area contributed by atoms with Crippen molar-refractivity contribution in [2.24, 2.45) is 5.92 Å². The zero-order chi connectivity index (χ0) is 25.2. The second-order valence-corrected chi connectivity index (χ2v) is 11.2. The number of sulfonamides is 1. The number of thiazole rings is 1. The highest BCUT2D eigenvalue weighted by atomic mass is 35.5. The Labute approximate surface area is 224 Å². The molecule has 2 atom stereocenters. The summed E-state index contributed by atoms with van der Waals surface area (Å²) in [6.07, 6.45) is 3.87. The van der Waals surface area contributed by atoms with Crippen LogP contribution in [0.15, 0.2) is 58.3 Å². The molecular formula is C24H25Cl2F2N3O3S2. The molecule has 4 rings (SSSR count). The largest absolute Gasteiger partial charge is 0.491 e. The zero-order valence-corrected chi connectivity index (χ0v) is 22.7. The van der Waals surface area contributed by atoms with Gasteiger partial charge in [0.05, 0.1) is 17.1 Å². The summed E-state index contributed by atoms with van der Waals surface area (Å²) in [6.45, 7) is 0.175. The Hall–Kier alpha value is -2.24. The van der Waals surface area contributed by atoms with Crippen molar-refractivity contribution < 1.29 is 21.9 Å². The molecule has 1 aliphatic carbocycles. The lowest BCUT2D eigenvalue weighted by Gasteiger charge is -2.37. The molecule has 0 fully saturated rings. The van der Waals surface area contributed by atoms with Crippen LogP contribution in [-0.4, -0.2) is 45.0 Å². The third-order valence-electron chi connectivity index (χ3n) is 5.90. The fraction of sp³-hybridized carbons (Fsp3) is 0.292. The molecule has 0 amide bonds. The molecule has 0 bridgehead atoms. The molecule has 194 valence electrons. The van der Waals surface area contributed by atoms with E-state index in [0.29, 0.717) is 0 Å². The summed E-state index contributed by atoms with van der Waals surface area (Å²) in [5.74, 6) is -1.27. The minimum atomic E-state index is -4.22. The number of aromatic nitrogens is 1. The Kier molecular flexibility index (Phi) is 9.34. The minimum absolute atomic E-state index is 0. The van der Waals surface area contributed by atoms with Gasteiger partial charge in [-0.2, -0.15) is 0 Å². The number of allylic oxidation sites excluding steroid dienone is 1. The molecule has 0 unspecified atom stereocenters. The molecule has 0 spiro atoms. The molecule has 3 aromatic rings. The van der Waals surface area contributed by atoms with E-state index in [1.165, 1.54) is 34.4 Å².